The maximum Gasteiger partial charge on any atom is 0.286 e. The normalized spacial score (nSPS) is 11.6. The van der Waals surface area contributed by atoms with Crippen molar-refractivity contribution in [2.75, 3.05) is 5.32 Å². The fraction of sp³-hybridized carbons (Fsp3) is 0.238. The molecule has 1 heterocycles. The van der Waals surface area contributed by atoms with Gasteiger partial charge in [0.05, 0.1) is 0 Å². The van der Waals surface area contributed by atoms with Gasteiger partial charge in [-0.3, -0.25) is 9.59 Å². The summed E-state index contributed by atoms with van der Waals surface area (Å²) in [6.45, 7) is 4.13. The van der Waals surface area contributed by atoms with Gasteiger partial charge >= 0.3 is 0 Å². The second kappa shape index (κ2) is 10.2. The summed E-state index contributed by atoms with van der Waals surface area (Å²) in [7, 11) is 0. The monoisotopic (exact) mass is 444 g/mol. The molecule has 1 aromatic heterocycles. The number of ether oxygens (including phenoxy) is 1. The number of nitrogens with zero attached hydrogens (tertiary/aromatic N) is 2. The minimum atomic E-state index is -0.398. The Labute approximate surface area is 183 Å². The Morgan fingerprint density at radius 2 is 1.90 bits per heavy atom. The van der Waals surface area contributed by atoms with E-state index < -0.39 is 5.91 Å². The van der Waals surface area contributed by atoms with Crippen molar-refractivity contribution in [1.82, 2.24) is 15.5 Å². The maximum absolute atomic E-state index is 12.5. The van der Waals surface area contributed by atoms with E-state index in [4.69, 9.17) is 16.3 Å². The fourth-order valence-electron chi connectivity index (χ4n) is 2.41. The van der Waals surface area contributed by atoms with E-state index in [1.807, 2.05) is 13.8 Å². The van der Waals surface area contributed by atoms with Gasteiger partial charge in [-0.15, -0.1) is 10.2 Å². The van der Waals surface area contributed by atoms with Gasteiger partial charge in [0.25, 0.3) is 11.8 Å². The molecule has 0 bridgehead atoms. The number of amides is 2. The third-order valence-electron chi connectivity index (χ3n) is 4.21. The van der Waals surface area contributed by atoms with Gasteiger partial charge in [-0.25, -0.2) is 0 Å². The highest BCUT2D eigenvalue weighted by atomic mass is 35.5. The fourth-order valence-corrected chi connectivity index (χ4v) is 3.19. The lowest BCUT2D eigenvalue weighted by molar-refractivity contribution is 0.0938. The first-order valence-corrected chi connectivity index (χ1v) is 10.6. The van der Waals surface area contributed by atoms with Gasteiger partial charge < -0.3 is 15.4 Å². The van der Waals surface area contributed by atoms with Crippen LogP contribution in [0, 0.1) is 0 Å². The van der Waals surface area contributed by atoms with Gasteiger partial charge in [-0.05, 0) is 55.8 Å². The number of hydrogen-bond donors (Lipinski definition) is 2. The molecule has 0 aliphatic carbocycles. The van der Waals surface area contributed by atoms with E-state index in [2.05, 4.69) is 20.8 Å². The number of hydrogen-bond acceptors (Lipinski definition) is 6. The molecule has 0 aliphatic heterocycles. The van der Waals surface area contributed by atoms with Crippen molar-refractivity contribution >= 4 is 40.4 Å². The number of carbonyl (C=O) groups excluding carboxylic acids is 2. The van der Waals surface area contributed by atoms with Crippen LogP contribution in [0.4, 0.5) is 5.69 Å². The first kappa shape index (κ1) is 21.7. The number of nitrogens with one attached hydrogen (secondary N) is 2. The molecular weight excluding hydrogens is 424 g/mol. The van der Waals surface area contributed by atoms with Crippen molar-refractivity contribution in [3.05, 3.63) is 69.1 Å². The molecule has 0 saturated heterocycles. The number of benzene rings is 2. The first-order chi connectivity index (χ1) is 14.4. The smallest absolute Gasteiger partial charge is 0.286 e. The first-order valence-electron chi connectivity index (χ1n) is 9.37. The van der Waals surface area contributed by atoms with E-state index in [-0.39, 0.29) is 23.6 Å². The summed E-state index contributed by atoms with van der Waals surface area (Å²) in [5.74, 6) is 0.0656. The van der Waals surface area contributed by atoms with Crippen LogP contribution in [0.25, 0.3) is 0 Å². The van der Waals surface area contributed by atoms with E-state index >= 15 is 0 Å². The number of halogens is 1. The Balaban J connectivity index is 1.59. The Morgan fingerprint density at radius 1 is 1.13 bits per heavy atom. The number of carbonyl (C=O) groups is 2. The molecule has 3 rings (SSSR count). The van der Waals surface area contributed by atoms with Crippen LogP contribution in [0.3, 0.4) is 0 Å². The van der Waals surface area contributed by atoms with E-state index in [0.29, 0.717) is 27.0 Å². The van der Waals surface area contributed by atoms with Crippen molar-refractivity contribution in [2.45, 2.75) is 32.9 Å². The minimum absolute atomic E-state index is 0.0747. The summed E-state index contributed by atoms with van der Waals surface area (Å²) in [6, 6.07) is 13.8. The summed E-state index contributed by atoms with van der Waals surface area (Å²) in [5, 5.41) is 15.0. The Bertz CT molecular complexity index is 1020. The zero-order valence-electron chi connectivity index (χ0n) is 16.5. The largest absolute Gasteiger partial charge is 0.486 e. The standard InChI is InChI=1S/C21H21ClN4O3S/c1-3-13(2)23-19(27)14-5-4-6-16(11-14)24-20(28)21-26-25-18(30-21)12-29-17-9-7-15(22)8-10-17/h4-11,13H,3,12H2,1-2H3,(H,23,27)(H,24,28)/t13-/m1/s1. The molecular formula is C21H21ClN4O3S. The van der Waals surface area contributed by atoms with Gasteiger partial charge in [0.15, 0.2) is 5.01 Å². The molecule has 2 amide bonds. The molecule has 156 valence electrons. The SMILES string of the molecule is CC[C@@H](C)NC(=O)c1cccc(NC(=O)c2nnc(COc3ccc(Cl)cc3)s2)c1. The average Bonchev–Trinajstić information content (AvgIpc) is 3.22. The zero-order valence-corrected chi connectivity index (χ0v) is 18.1. The lowest BCUT2D eigenvalue weighted by atomic mass is 10.1. The van der Waals surface area contributed by atoms with Crippen molar-refractivity contribution in [2.24, 2.45) is 0 Å². The van der Waals surface area contributed by atoms with Crippen LogP contribution in [0.5, 0.6) is 5.75 Å². The van der Waals surface area contributed by atoms with Crippen LogP contribution < -0.4 is 15.4 Å². The number of aromatic nitrogens is 2. The molecule has 3 aromatic rings. The second-order valence-electron chi connectivity index (χ2n) is 6.56. The molecule has 0 fully saturated rings. The maximum atomic E-state index is 12.5. The van der Waals surface area contributed by atoms with E-state index in [1.165, 1.54) is 0 Å². The van der Waals surface area contributed by atoms with Gasteiger partial charge in [0.2, 0.25) is 5.01 Å². The lowest BCUT2D eigenvalue weighted by Gasteiger charge is -2.12. The van der Waals surface area contributed by atoms with Crippen LogP contribution in [0.1, 0.15) is 45.4 Å². The molecule has 0 spiro atoms. The van der Waals surface area contributed by atoms with Crippen LogP contribution in [0.2, 0.25) is 5.02 Å². The summed E-state index contributed by atoms with van der Waals surface area (Å²) in [4.78, 5) is 24.8. The molecule has 2 aromatic carbocycles. The van der Waals surface area contributed by atoms with Crippen LogP contribution in [-0.2, 0) is 6.61 Å². The third-order valence-corrected chi connectivity index (χ3v) is 5.36. The van der Waals surface area contributed by atoms with Crippen LogP contribution in [0.15, 0.2) is 48.5 Å². The Kier molecular flexibility index (Phi) is 7.37. The van der Waals surface area contributed by atoms with Crippen LogP contribution >= 0.6 is 22.9 Å². The Hall–Kier alpha value is -2.97. The Morgan fingerprint density at radius 3 is 2.63 bits per heavy atom. The summed E-state index contributed by atoms with van der Waals surface area (Å²) in [6.07, 6.45) is 0.837. The molecule has 30 heavy (non-hydrogen) atoms. The molecule has 0 radical (unpaired) electrons. The highest BCUT2D eigenvalue weighted by Crippen LogP contribution is 2.19. The number of anilines is 1. The van der Waals surface area contributed by atoms with Crippen molar-refractivity contribution < 1.29 is 14.3 Å². The van der Waals surface area contributed by atoms with Gasteiger partial charge in [-0.2, -0.15) is 0 Å². The third kappa shape index (κ3) is 6.01. The predicted octanol–water partition coefficient (Wildman–Crippen LogP) is 4.55. The van der Waals surface area contributed by atoms with E-state index in [0.717, 1.165) is 17.8 Å². The minimum Gasteiger partial charge on any atom is -0.486 e. The number of rotatable bonds is 8. The van der Waals surface area contributed by atoms with Crippen molar-refractivity contribution in [3.63, 3.8) is 0 Å². The molecule has 2 N–H and O–H groups in total. The van der Waals surface area contributed by atoms with Gasteiger partial charge in [0.1, 0.15) is 12.4 Å². The highest BCUT2D eigenvalue weighted by Gasteiger charge is 2.15. The molecule has 0 saturated carbocycles. The summed E-state index contributed by atoms with van der Waals surface area (Å²) >= 11 is 6.99. The molecule has 7 nitrogen and oxygen atoms in total. The van der Waals surface area contributed by atoms with E-state index in [9.17, 15) is 9.59 Å². The van der Waals surface area contributed by atoms with Crippen molar-refractivity contribution in [1.29, 1.82) is 0 Å². The quantitative estimate of drug-likeness (QED) is 0.531. The van der Waals surface area contributed by atoms with E-state index in [1.54, 1.807) is 48.5 Å². The summed E-state index contributed by atoms with van der Waals surface area (Å²) < 4.78 is 5.61. The predicted molar refractivity (Wildman–Crippen MR) is 117 cm³/mol. The molecule has 9 heteroatoms. The zero-order chi connectivity index (χ0) is 21.5. The summed E-state index contributed by atoms with van der Waals surface area (Å²) in [5.41, 5.74) is 0.980. The highest BCUT2D eigenvalue weighted by molar-refractivity contribution is 7.13. The average molecular weight is 445 g/mol. The van der Waals surface area contributed by atoms with Gasteiger partial charge in [0, 0.05) is 22.3 Å². The molecule has 0 unspecified atom stereocenters. The molecule has 1 atom stereocenters. The molecule has 0 aliphatic rings. The van der Waals surface area contributed by atoms with Crippen LogP contribution in [-0.4, -0.2) is 28.1 Å². The van der Waals surface area contributed by atoms with Crippen molar-refractivity contribution in [3.8, 4) is 5.75 Å². The topological polar surface area (TPSA) is 93.2 Å². The lowest BCUT2D eigenvalue weighted by Crippen LogP contribution is -2.31. The van der Waals surface area contributed by atoms with Gasteiger partial charge in [-0.1, -0.05) is 35.9 Å². The second-order valence-corrected chi connectivity index (χ2v) is 8.06.